The van der Waals surface area contributed by atoms with Crippen molar-refractivity contribution in [3.05, 3.63) is 0 Å². The van der Waals surface area contributed by atoms with Crippen LogP contribution in [0.5, 0.6) is 0 Å². The molecule has 0 aromatic carbocycles. The van der Waals surface area contributed by atoms with Crippen LogP contribution in [-0.2, 0) is 9.63 Å². The molecule has 0 amide bonds. The molecule has 0 bridgehead atoms. The van der Waals surface area contributed by atoms with E-state index in [2.05, 4.69) is 18.7 Å². The highest BCUT2D eigenvalue weighted by molar-refractivity contribution is 5.75. The van der Waals surface area contributed by atoms with E-state index in [9.17, 15) is 4.79 Å². The van der Waals surface area contributed by atoms with Crippen molar-refractivity contribution in [2.75, 3.05) is 26.2 Å². The van der Waals surface area contributed by atoms with Crippen molar-refractivity contribution in [2.24, 2.45) is 5.41 Å². The van der Waals surface area contributed by atoms with Gasteiger partial charge in [-0.1, -0.05) is 6.92 Å². The topological polar surface area (TPSA) is 32.8 Å². The molecule has 1 atom stereocenters. The zero-order chi connectivity index (χ0) is 13.1. The Morgan fingerprint density at radius 2 is 2.00 bits per heavy atom. The van der Waals surface area contributed by atoms with Gasteiger partial charge in [-0.2, -0.15) is 0 Å². The predicted octanol–water partition coefficient (Wildman–Crippen LogP) is 1.91. The van der Waals surface area contributed by atoms with Crippen molar-refractivity contribution < 1.29 is 9.63 Å². The van der Waals surface area contributed by atoms with Crippen LogP contribution in [0, 0.1) is 5.41 Å². The van der Waals surface area contributed by atoms with E-state index in [1.807, 2.05) is 25.8 Å². The lowest BCUT2D eigenvalue weighted by Gasteiger charge is -2.39. The third kappa shape index (κ3) is 4.28. The lowest BCUT2D eigenvalue weighted by molar-refractivity contribution is -0.210. The van der Waals surface area contributed by atoms with Crippen molar-refractivity contribution in [1.82, 2.24) is 9.96 Å². The average Bonchev–Trinajstić information content (AvgIpc) is 2.21. The maximum Gasteiger partial charge on any atom is 0.330 e. The molecule has 0 N–H and O–H groups in total. The zero-order valence-corrected chi connectivity index (χ0v) is 11.8. The Morgan fingerprint density at radius 3 is 2.47 bits per heavy atom. The van der Waals surface area contributed by atoms with Crippen molar-refractivity contribution >= 4 is 5.97 Å². The molecule has 0 aromatic heterocycles. The molecule has 100 valence electrons. The van der Waals surface area contributed by atoms with Crippen LogP contribution in [0.4, 0.5) is 0 Å². The van der Waals surface area contributed by atoms with Gasteiger partial charge in [0.25, 0.3) is 0 Å². The van der Waals surface area contributed by atoms with E-state index in [1.165, 1.54) is 6.42 Å². The second kappa shape index (κ2) is 5.83. The third-order valence-electron chi connectivity index (χ3n) is 3.06. The summed E-state index contributed by atoms with van der Waals surface area (Å²) in [7, 11) is 0. The quantitative estimate of drug-likeness (QED) is 0.757. The summed E-state index contributed by atoms with van der Waals surface area (Å²) in [5, 5.41) is 1.81. The molecule has 1 aliphatic rings. The molecule has 0 unspecified atom stereocenters. The maximum absolute atomic E-state index is 11.8. The van der Waals surface area contributed by atoms with Gasteiger partial charge >= 0.3 is 5.97 Å². The Balaban J connectivity index is 2.42. The molecule has 0 aromatic rings. The molecule has 1 fully saturated rings. The molecule has 1 aliphatic heterocycles. The van der Waals surface area contributed by atoms with Gasteiger partial charge in [0.2, 0.25) is 0 Å². The van der Waals surface area contributed by atoms with Crippen LogP contribution in [0.3, 0.4) is 0 Å². The minimum atomic E-state index is -0.427. The summed E-state index contributed by atoms with van der Waals surface area (Å²) in [6.45, 7) is 13.7. The van der Waals surface area contributed by atoms with E-state index >= 15 is 0 Å². The van der Waals surface area contributed by atoms with Gasteiger partial charge in [0.15, 0.2) is 0 Å². The normalized spacial score (nSPS) is 23.7. The molecule has 0 spiro atoms. The highest BCUT2D eigenvalue weighted by Gasteiger charge is 2.29. The molecule has 0 aliphatic carbocycles. The highest BCUT2D eigenvalue weighted by atomic mass is 16.7. The molecule has 0 radical (unpaired) electrons. The molecular formula is C13H26N2O2. The summed E-state index contributed by atoms with van der Waals surface area (Å²) in [6.07, 6.45) is 1.17. The summed E-state index contributed by atoms with van der Waals surface area (Å²) >= 11 is 0. The Bertz CT molecular complexity index is 261. The Labute approximate surface area is 105 Å². The number of carbonyl (C=O) groups is 1. The van der Waals surface area contributed by atoms with Crippen LogP contribution in [0.1, 0.15) is 41.0 Å². The van der Waals surface area contributed by atoms with Gasteiger partial charge in [-0.05, 0) is 40.7 Å². The minimum Gasteiger partial charge on any atom is -0.367 e. The van der Waals surface area contributed by atoms with E-state index in [1.54, 1.807) is 0 Å². The largest absolute Gasteiger partial charge is 0.367 e. The van der Waals surface area contributed by atoms with E-state index in [0.717, 1.165) is 26.2 Å². The Morgan fingerprint density at radius 1 is 1.35 bits per heavy atom. The van der Waals surface area contributed by atoms with Gasteiger partial charge in [0.05, 0.1) is 12.0 Å². The predicted molar refractivity (Wildman–Crippen MR) is 68.4 cm³/mol. The molecular weight excluding hydrogens is 216 g/mol. The average molecular weight is 242 g/mol. The number of nitrogens with zero attached hydrogens (tertiary/aromatic N) is 2. The second-order valence-electron chi connectivity index (χ2n) is 5.90. The monoisotopic (exact) mass is 242 g/mol. The lowest BCUT2D eigenvalue weighted by Crippen LogP contribution is -2.52. The zero-order valence-electron chi connectivity index (χ0n) is 11.8. The molecule has 4 nitrogen and oxygen atoms in total. The fourth-order valence-corrected chi connectivity index (χ4v) is 1.92. The van der Waals surface area contributed by atoms with Crippen molar-refractivity contribution in [3.8, 4) is 0 Å². The first kappa shape index (κ1) is 14.5. The van der Waals surface area contributed by atoms with Gasteiger partial charge in [-0.3, -0.25) is 4.90 Å². The molecule has 1 heterocycles. The van der Waals surface area contributed by atoms with Crippen LogP contribution in [0.15, 0.2) is 0 Å². The molecule has 17 heavy (non-hydrogen) atoms. The van der Waals surface area contributed by atoms with Gasteiger partial charge in [0.1, 0.15) is 0 Å². The number of piperazine rings is 1. The number of carbonyl (C=O) groups excluding carboxylic acids is 1. The number of hydroxylamine groups is 2. The number of hydrogen-bond donors (Lipinski definition) is 0. The summed E-state index contributed by atoms with van der Waals surface area (Å²) < 4.78 is 0. The highest BCUT2D eigenvalue weighted by Crippen LogP contribution is 2.18. The standard InChI is InChI=1S/C13H26N2O2/c1-6-7-14-8-9-15(10-11(14)2)17-12(16)13(3,4)5/h11H,6-10H2,1-5H3/t11-/m0/s1. The molecule has 1 saturated heterocycles. The van der Waals surface area contributed by atoms with Crippen molar-refractivity contribution in [2.45, 2.75) is 47.1 Å². The lowest BCUT2D eigenvalue weighted by atomic mass is 9.98. The van der Waals surface area contributed by atoms with Gasteiger partial charge in [0, 0.05) is 19.1 Å². The van der Waals surface area contributed by atoms with Crippen LogP contribution < -0.4 is 0 Å². The summed E-state index contributed by atoms with van der Waals surface area (Å²) in [4.78, 5) is 19.6. The van der Waals surface area contributed by atoms with E-state index in [4.69, 9.17) is 4.84 Å². The van der Waals surface area contributed by atoms with Crippen LogP contribution in [0.2, 0.25) is 0 Å². The number of hydrogen-bond acceptors (Lipinski definition) is 4. The van der Waals surface area contributed by atoms with Crippen LogP contribution in [-0.4, -0.2) is 48.2 Å². The molecule has 4 heteroatoms. The van der Waals surface area contributed by atoms with E-state index < -0.39 is 5.41 Å². The van der Waals surface area contributed by atoms with Gasteiger partial charge in [-0.15, -0.1) is 5.06 Å². The second-order valence-corrected chi connectivity index (χ2v) is 5.90. The van der Waals surface area contributed by atoms with Crippen LogP contribution in [0.25, 0.3) is 0 Å². The fraction of sp³-hybridized carbons (Fsp3) is 0.923. The van der Waals surface area contributed by atoms with Gasteiger partial charge in [-0.25, -0.2) is 4.79 Å². The van der Waals surface area contributed by atoms with Crippen molar-refractivity contribution in [1.29, 1.82) is 0 Å². The summed E-state index contributed by atoms with van der Waals surface area (Å²) in [5.41, 5.74) is -0.427. The Hall–Kier alpha value is -0.610. The summed E-state index contributed by atoms with van der Waals surface area (Å²) in [6, 6.07) is 0.455. The first-order valence-corrected chi connectivity index (χ1v) is 6.56. The van der Waals surface area contributed by atoms with E-state index in [0.29, 0.717) is 6.04 Å². The third-order valence-corrected chi connectivity index (χ3v) is 3.06. The van der Waals surface area contributed by atoms with Gasteiger partial charge < -0.3 is 4.84 Å². The first-order chi connectivity index (χ1) is 7.84. The fourth-order valence-electron chi connectivity index (χ4n) is 1.92. The first-order valence-electron chi connectivity index (χ1n) is 6.56. The summed E-state index contributed by atoms with van der Waals surface area (Å²) in [5.74, 6) is -0.145. The minimum absolute atomic E-state index is 0.145. The SMILES string of the molecule is CCCN1CCN(OC(=O)C(C)(C)C)C[C@@H]1C. The van der Waals surface area contributed by atoms with Crippen LogP contribution >= 0.6 is 0 Å². The van der Waals surface area contributed by atoms with Crippen molar-refractivity contribution in [3.63, 3.8) is 0 Å². The Kier molecular flexibility index (Phi) is 4.95. The molecule has 1 rings (SSSR count). The number of rotatable bonds is 3. The van der Waals surface area contributed by atoms with E-state index in [-0.39, 0.29) is 5.97 Å². The smallest absolute Gasteiger partial charge is 0.330 e. The maximum atomic E-state index is 11.8. The molecule has 0 saturated carbocycles.